The predicted molar refractivity (Wildman–Crippen MR) is 104 cm³/mol. The molecule has 132 valence electrons. The number of hydrogen-bond acceptors (Lipinski definition) is 5. The molecule has 0 bridgehead atoms. The Morgan fingerprint density at radius 1 is 1.25 bits per heavy atom. The molecule has 0 fully saturated rings. The third-order valence-corrected chi connectivity index (χ3v) is 5.84. The average Bonchev–Trinajstić information content (AvgIpc) is 3.12. The fourth-order valence-corrected chi connectivity index (χ4v) is 3.86. The summed E-state index contributed by atoms with van der Waals surface area (Å²) in [5.74, 6) is 1.31. The van der Waals surface area contributed by atoms with E-state index in [2.05, 4.69) is 65.6 Å². The van der Waals surface area contributed by atoms with E-state index in [0.29, 0.717) is 12.5 Å². The summed E-state index contributed by atoms with van der Waals surface area (Å²) >= 11 is 3.49. The number of rotatable bonds is 7. The van der Waals surface area contributed by atoms with E-state index in [4.69, 9.17) is 0 Å². The van der Waals surface area contributed by atoms with E-state index >= 15 is 0 Å². The zero-order valence-corrected chi connectivity index (χ0v) is 16.8. The van der Waals surface area contributed by atoms with E-state index in [9.17, 15) is 0 Å². The van der Waals surface area contributed by atoms with E-state index in [1.165, 1.54) is 14.9 Å². The Labute approximate surface area is 152 Å². The van der Waals surface area contributed by atoms with Gasteiger partial charge >= 0.3 is 0 Å². The van der Waals surface area contributed by atoms with Gasteiger partial charge < -0.3 is 10.6 Å². The SMILES string of the molecule is CCNC(=NCc1csc(C(C)C)n1)NCCc1nc(C)c(C)s1. The molecule has 0 atom stereocenters. The van der Waals surface area contributed by atoms with E-state index in [0.717, 1.165) is 36.9 Å². The number of nitrogens with zero attached hydrogens (tertiary/aromatic N) is 3. The van der Waals surface area contributed by atoms with Crippen LogP contribution in [0.5, 0.6) is 0 Å². The molecule has 2 rings (SSSR count). The van der Waals surface area contributed by atoms with E-state index < -0.39 is 0 Å². The second kappa shape index (κ2) is 9.13. The summed E-state index contributed by atoms with van der Waals surface area (Å²) in [5, 5.41) is 11.1. The summed E-state index contributed by atoms with van der Waals surface area (Å²) in [6.45, 7) is 12.9. The number of thiazole rings is 2. The lowest BCUT2D eigenvalue weighted by Gasteiger charge is -2.10. The Balaban J connectivity index is 1.87. The first-order valence-electron chi connectivity index (χ1n) is 8.39. The Hall–Kier alpha value is -1.47. The molecule has 0 aliphatic rings. The van der Waals surface area contributed by atoms with Gasteiger partial charge in [0.15, 0.2) is 5.96 Å². The minimum absolute atomic E-state index is 0.476. The summed E-state index contributed by atoms with van der Waals surface area (Å²) in [6, 6.07) is 0. The van der Waals surface area contributed by atoms with Crippen molar-refractivity contribution in [3.8, 4) is 0 Å². The quantitative estimate of drug-likeness (QED) is 0.581. The minimum Gasteiger partial charge on any atom is -0.357 e. The van der Waals surface area contributed by atoms with Crippen LogP contribution in [0.2, 0.25) is 0 Å². The maximum absolute atomic E-state index is 4.63. The monoisotopic (exact) mass is 365 g/mol. The normalized spacial score (nSPS) is 12.0. The Morgan fingerprint density at radius 2 is 2.04 bits per heavy atom. The van der Waals surface area contributed by atoms with Crippen molar-refractivity contribution in [2.75, 3.05) is 13.1 Å². The van der Waals surface area contributed by atoms with E-state index in [1.807, 2.05) is 0 Å². The molecule has 0 aliphatic heterocycles. The van der Waals surface area contributed by atoms with Gasteiger partial charge in [-0.1, -0.05) is 13.8 Å². The number of nitrogens with one attached hydrogen (secondary N) is 2. The minimum atomic E-state index is 0.476. The first-order chi connectivity index (χ1) is 11.5. The summed E-state index contributed by atoms with van der Waals surface area (Å²) < 4.78 is 0. The van der Waals surface area contributed by atoms with Crippen LogP contribution in [0.3, 0.4) is 0 Å². The summed E-state index contributed by atoms with van der Waals surface area (Å²) in [4.78, 5) is 15.1. The number of aromatic nitrogens is 2. The summed E-state index contributed by atoms with van der Waals surface area (Å²) in [5.41, 5.74) is 2.17. The van der Waals surface area contributed by atoms with Gasteiger partial charge in [-0.2, -0.15) is 0 Å². The maximum Gasteiger partial charge on any atom is 0.191 e. The molecule has 0 unspecified atom stereocenters. The molecular weight excluding hydrogens is 338 g/mol. The molecule has 0 aromatic carbocycles. The van der Waals surface area contributed by atoms with Crippen LogP contribution in [0.1, 0.15) is 53.0 Å². The third-order valence-electron chi connectivity index (χ3n) is 3.51. The second-order valence-electron chi connectivity index (χ2n) is 5.95. The van der Waals surface area contributed by atoms with Crippen LogP contribution < -0.4 is 10.6 Å². The molecule has 2 heterocycles. The molecule has 0 spiro atoms. The smallest absolute Gasteiger partial charge is 0.191 e. The molecule has 7 heteroatoms. The number of guanidine groups is 1. The Morgan fingerprint density at radius 3 is 2.62 bits per heavy atom. The zero-order chi connectivity index (χ0) is 17.5. The molecule has 0 saturated carbocycles. The number of aryl methyl sites for hydroxylation is 2. The highest BCUT2D eigenvalue weighted by molar-refractivity contribution is 7.11. The van der Waals surface area contributed by atoms with Gasteiger partial charge in [-0.15, -0.1) is 22.7 Å². The van der Waals surface area contributed by atoms with Gasteiger partial charge in [-0.05, 0) is 20.8 Å². The Bertz CT molecular complexity index is 653. The molecule has 2 N–H and O–H groups in total. The van der Waals surface area contributed by atoms with Crippen molar-refractivity contribution >= 4 is 28.6 Å². The molecule has 24 heavy (non-hydrogen) atoms. The standard InChI is InChI=1S/C17H27N5S2/c1-6-18-17(19-8-7-15-21-12(4)13(5)24-15)20-9-14-10-23-16(22-14)11(2)3/h10-11H,6-9H2,1-5H3,(H2,18,19,20). The van der Waals surface area contributed by atoms with Crippen LogP contribution in [-0.2, 0) is 13.0 Å². The van der Waals surface area contributed by atoms with Crippen LogP contribution >= 0.6 is 22.7 Å². The highest BCUT2D eigenvalue weighted by Gasteiger charge is 2.06. The second-order valence-corrected chi connectivity index (χ2v) is 8.13. The van der Waals surface area contributed by atoms with Crippen molar-refractivity contribution in [1.82, 2.24) is 20.6 Å². The van der Waals surface area contributed by atoms with Crippen molar-refractivity contribution in [3.63, 3.8) is 0 Å². The van der Waals surface area contributed by atoms with Gasteiger partial charge in [0, 0.05) is 35.7 Å². The van der Waals surface area contributed by atoms with Gasteiger partial charge in [0.25, 0.3) is 0 Å². The van der Waals surface area contributed by atoms with Gasteiger partial charge in [0.2, 0.25) is 0 Å². The molecule has 5 nitrogen and oxygen atoms in total. The maximum atomic E-state index is 4.63. The first kappa shape index (κ1) is 18.9. The average molecular weight is 366 g/mol. The van der Waals surface area contributed by atoms with Gasteiger partial charge in [-0.25, -0.2) is 15.0 Å². The van der Waals surface area contributed by atoms with E-state index in [-0.39, 0.29) is 0 Å². The molecule has 0 amide bonds. The van der Waals surface area contributed by atoms with Crippen molar-refractivity contribution in [2.24, 2.45) is 4.99 Å². The number of aliphatic imine (C=N–C) groups is 1. The fraction of sp³-hybridized carbons (Fsp3) is 0.588. The highest BCUT2D eigenvalue weighted by atomic mass is 32.1. The van der Waals surface area contributed by atoms with Gasteiger partial charge in [0.05, 0.1) is 27.9 Å². The first-order valence-corrected chi connectivity index (χ1v) is 10.1. The van der Waals surface area contributed by atoms with Crippen molar-refractivity contribution in [2.45, 2.75) is 53.5 Å². The van der Waals surface area contributed by atoms with Crippen LogP contribution in [0.4, 0.5) is 0 Å². The van der Waals surface area contributed by atoms with E-state index in [1.54, 1.807) is 22.7 Å². The molecular formula is C17H27N5S2. The van der Waals surface area contributed by atoms with Crippen molar-refractivity contribution < 1.29 is 0 Å². The van der Waals surface area contributed by atoms with Crippen LogP contribution in [0, 0.1) is 13.8 Å². The van der Waals surface area contributed by atoms with Gasteiger partial charge in [0.1, 0.15) is 0 Å². The predicted octanol–water partition coefficient (Wildman–Crippen LogP) is 3.64. The summed E-state index contributed by atoms with van der Waals surface area (Å²) in [6.07, 6.45) is 0.915. The lowest BCUT2D eigenvalue weighted by atomic mass is 10.2. The molecule has 2 aromatic heterocycles. The van der Waals surface area contributed by atoms with Crippen LogP contribution in [0.15, 0.2) is 10.4 Å². The van der Waals surface area contributed by atoms with Gasteiger partial charge in [-0.3, -0.25) is 0 Å². The highest BCUT2D eigenvalue weighted by Crippen LogP contribution is 2.19. The molecule has 0 saturated heterocycles. The Kier molecular flexibility index (Phi) is 7.17. The number of hydrogen-bond donors (Lipinski definition) is 2. The zero-order valence-electron chi connectivity index (χ0n) is 15.1. The van der Waals surface area contributed by atoms with Crippen LogP contribution in [0.25, 0.3) is 0 Å². The lowest BCUT2D eigenvalue weighted by molar-refractivity contribution is 0.790. The van der Waals surface area contributed by atoms with Crippen molar-refractivity contribution in [3.05, 3.63) is 31.7 Å². The topological polar surface area (TPSA) is 62.2 Å². The fourth-order valence-electron chi connectivity index (χ4n) is 2.10. The largest absolute Gasteiger partial charge is 0.357 e. The third kappa shape index (κ3) is 5.56. The lowest BCUT2D eigenvalue weighted by Crippen LogP contribution is -2.38. The van der Waals surface area contributed by atoms with Crippen LogP contribution in [-0.4, -0.2) is 29.0 Å². The van der Waals surface area contributed by atoms with Crippen molar-refractivity contribution in [1.29, 1.82) is 0 Å². The summed E-state index contributed by atoms with van der Waals surface area (Å²) in [7, 11) is 0. The molecule has 2 aromatic rings. The molecule has 0 aliphatic carbocycles. The molecule has 0 radical (unpaired) electrons.